The lowest BCUT2D eigenvalue weighted by molar-refractivity contribution is -0.00591. The van der Waals surface area contributed by atoms with Crippen molar-refractivity contribution in [2.24, 2.45) is 0 Å². The molecule has 0 saturated carbocycles. The normalized spacial score (nSPS) is 20.6. The number of carbonyl (C=O) groups is 1. The summed E-state index contributed by atoms with van der Waals surface area (Å²) in [5.74, 6) is 0.803. The van der Waals surface area contributed by atoms with E-state index in [9.17, 15) is 4.79 Å². The molecule has 0 radical (unpaired) electrons. The summed E-state index contributed by atoms with van der Waals surface area (Å²) in [6.07, 6.45) is 3.21. The first-order chi connectivity index (χ1) is 9.87. The summed E-state index contributed by atoms with van der Waals surface area (Å²) < 4.78 is 16.6. The molecule has 0 bridgehead atoms. The van der Waals surface area contributed by atoms with Gasteiger partial charge in [0.2, 0.25) is 0 Å². The van der Waals surface area contributed by atoms with Crippen LogP contribution in [-0.4, -0.2) is 35.8 Å². The number of likely N-dealkylation sites (tertiary alicyclic amines) is 1. The van der Waals surface area contributed by atoms with Gasteiger partial charge >= 0.3 is 6.09 Å². The highest BCUT2D eigenvalue weighted by Crippen LogP contribution is 2.24. The number of hydrogen-bond acceptors (Lipinski definition) is 4. The van der Waals surface area contributed by atoms with Gasteiger partial charge in [0.05, 0.1) is 18.9 Å². The highest BCUT2D eigenvalue weighted by atomic mass is 16.6. The zero-order chi connectivity index (χ0) is 15.5. The van der Waals surface area contributed by atoms with E-state index in [2.05, 4.69) is 0 Å². The van der Waals surface area contributed by atoms with Crippen LogP contribution in [-0.2, 0) is 9.47 Å². The van der Waals surface area contributed by atoms with E-state index in [-0.39, 0.29) is 18.2 Å². The van der Waals surface area contributed by atoms with Crippen molar-refractivity contribution in [3.8, 4) is 0 Å². The molecule has 0 N–H and O–H groups in total. The highest BCUT2D eigenvalue weighted by molar-refractivity contribution is 5.68. The van der Waals surface area contributed by atoms with E-state index in [1.165, 1.54) is 0 Å². The molecule has 5 heteroatoms. The molecule has 0 spiro atoms. The van der Waals surface area contributed by atoms with Crippen LogP contribution in [0.15, 0.2) is 22.8 Å². The molecule has 1 saturated heterocycles. The average Bonchev–Trinajstić information content (AvgIpc) is 3.04. The maximum absolute atomic E-state index is 12.2. The molecule has 1 aliphatic rings. The van der Waals surface area contributed by atoms with E-state index in [1.54, 1.807) is 11.2 Å². The predicted molar refractivity (Wildman–Crippen MR) is 79.0 cm³/mol. The third-order valence-electron chi connectivity index (χ3n) is 3.49. The zero-order valence-electron chi connectivity index (χ0n) is 13.3. The minimum absolute atomic E-state index is 0.0808. The largest absolute Gasteiger partial charge is 0.467 e. The molecule has 1 aliphatic heterocycles. The molecule has 0 aliphatic carbocycles. The fourth-order valence-electron chi connectivity index (χ4n) is 2.43. The second-order valence-electron chi connectivity index (χ2n) is 6.46. The molecule has 2 heterocycles. The Labute approximate surface area is 126 Å². The van der Waals surface area contributed by atoms with Crippen LogP contribution in [0.5, 0.6) is 0 Å². The highest BCUT2D eigenvalue weighted by Gasteiger charge is 2.32. The van der Waals surface area contributed by atoms with Gasteiger partial charge in [0.15, 0.2) is 0 Å². The minimum atomic E-state index is -0.466. The van der Waals surface area contributed by atoms with Gasteiger partial charge in [-0.05, 0) is 52.7 Å². The van der Waals surface area contributed by atoms with Crippen molar-refractivity contribution in [2.45, 2.75) is 58.3 Å². The molecular formula is C16H25NO4. The number of hydrogen-bond donors (Lipinski definition) is 0. The van der Waals surface area contributed by atoms with Gasteiger partial charge < -0.3 is 18.8 Å². The van der Waals surface area contributed by atoms with Gasteiger partial charge in [-0.25, -0.2) is 4.79 Å². The molecule has 2 atom stereocenters. The first-order valence-electron chi connectivity index (χ1n) is 7.51. The Morgan fingerprint density at radius 3 is 2.90 bits per heavy atom. The summed E-state index contributed by atoms with van der Waals surface area (Å²) in [5.41, 5.74) is -0.466. The van der Waals surface area contributed by atoms with Crippen molar-refractivity contribution in [3.05, 3.63) is 24.2 Å². The molecule has 21 heavy (non-hydrogen) atoms. The minimum Gasteiger partial charge on any atom is -0.467 e. The number of carbonyl (C=O) groups excluding carboxylic acids is 1. The third-order valence-corrected chi connectivity index (χ3v) is 3.49. The average molecular weight is 295 g/mol. The van der Waals surface area contributed by atoms with Gasteiger partial charge in [-0.15, -0.1) is 0 Å². The van der Waals surface area contributed by atoms with E-state index in [4.69, 9.17) is 13.9 Å². The Bertz CT molecular complexity index is 449. The van der Waals surface area contributed by atoms with Gasteiger partial charge in [0.25, 0.3) is 0 Å². The van der Waals surface area contributed by atoms with Crippen LogP contribution in [0.3, 0.4) is 0 Å². The predicted octanol–water partition coefficient (Wildman–Crippen LogP) is 3.76. The number of nitrogens with zero attached hydrogens (tertiary/aromatic N) is 1. The van der Waals surface area contributed by atoms with Gasteiger partial charge in [-0.2, -0.15) is 0 Å². The van der Waals surface area contributed by atoms with Gasteiger partial charge in [-0.3, -0.25) is 0 Å². The summed E-state index contributed by atoms with van der Waals surface area (Å²) in [7, 11) is 0. The third kappa shape index (κ3) is 4.49. The number of ether oxygens (including phenoxy) is 2. The molecule has 0 unspecified atom stereocenters. The Morgan fingerprint density at radius 2 is 2.29 bits per heavy atom. The molecule has 1 aromatic rings. The molecular weight excluding hydrogens is 270 g/mol. The molecule has 1 amide bonds. The lowest BCUT2D eigenvalue weighted by atomic mass is 10.2. The monoisotopic (exact) mass is 295 g/mol. The van der Waals surface area contributed by atoms with Crippen molar-refractivity contribution in [1.29, 1.82) is 0 Å². The summed E-state index contributed by atoms with van der Waals surface area (Å²) in [6, 6.07) is 3.82. The second kappa shape index (κ2) is 6.52. The molecule has 1 aromatic heterocycles. The number of amides is 1. The van der Waals surface area contributed by atoms with Crippen LogP contribution in [0.4, 0.5) is 4.79 Å². The number of furan rings is 1. The molecule has 5 nitrogen and oxygen atoms in total. The molecule has 2 rings (SSSR count). The van der Waals surface area contributed by atoms with Crippen LogP contribution in [0.25, 0.3) is 0 Å². The quantitative estimate of drug-likeness (QED) is 0.848. The number of rotatable bonds is 4. The smallest absolute Gasteiger partial charge is 0.410 e. The fourth-order valence-corrected chi connectivity index (χ4v) is 2.43. The van der Waals surface area contributed by atoms with Crippen molar-refractivity contribution in [2.75, 3.05) is 13.2 Å². The topological polar surface area (TPSA) is 51.9 Å². The Balaban J connectivity index is 1.86. The van der Waals surface area contributed by atoms with E-state index in [0.29, 0.717) is 6.61 Å². The van der Waals surface area contributed by atoms with E-state index in [0.717, 1.165) is 25.1 Å². The summed E-state index contributed by atoms with van der Waals surface area (Å²) in [4.78, 5) is 14.0. The van der Waals surface area contributed by atoms with Gasteiger partial charge in [0, 0.05) is 6.54 Å². The van der Waals surface area contributed by atoms with Gasteiger partial charge in [-0.1, -0.05) is 0 Å². The first kappa shape index (κ1) is 15.9. The van der Waals surface area contributed by atoms with Crippen molar-refractivity contribution in [3.63, 3.8) is 0 Å². The molecule has 1 fully saturated rings. The first-order valence-corrected chi connectivity index (χ1v) is 7.51. The van der Waals surface area contributed by atoms with Crippen molar-refractivity contribution >= 4 is 6.09 Å². The van der Waals surface area contributed by atoms with Crippen LogP contribution >= 0.6 is 0 Å². The van der Waals surface area contributed by atoms with Crippen LogP contribution < -0.4 is 0 Å². The summed E-state index contributed by atoms with van der Waals surface area (Å²) in [6.45, 7) is 8.83. The van der Waals surface area contributed by atoms with Crippen molar-refractivity contribution < 1.29 is 18.7 Å². The second-order valence-corrected chi connectivity index (χ2v) is 6.46. The zero-order valence-corrected chi connectivity index (χ0v) is 13.3. The maximum Gasteiger partial charge on any atom is 0.410 e. The Hall–Kier alpha value is -1.49. The van der Waals surface area contributed by atoms with Crippen LogP contribution in [0.1, 0.15) is 52.4 Å². The van der Waals surface area contributed by atoms with E-state index in [1.807, 2.05) is 39.8 Å². The van der Waals surface area contributed by atoms with Crippen molar-refractivity contribution in [1.82, 2.24) is 4.90 Å². The SMILES string of the molecule is C[C@H](OC[C@@H]1CCCN1C(=O)OC(C)(C)C)c1ccco1. The Morgan fingerprint density at radius 1 is 1.52 bits per heavy atom. The van der Waals surface area contributed by atoms with E-state index < -0.39 is 5.60 Å². The molecule has 118 valence electrons. The maximum atomic E-state index is 12.2. The molecule has 0 aromatic carbocycles. The summed E-state index contributed by atoms with van der Waals surface area (Å²) in [5, 5.41) is 0. The Kier molecular flexibility index (Phi) is 4.93. The van der Waals surface area contributed by atoms with Crippen LogP contribution in [0, 0.1) is 0 Å². The van der Waals surface area contributed by atoms with Crippen LogP contribution in [0.2, 0.25) is 0 Å². The fraction of sp³-hybridized carbons (Fsp3) is 0.688. The lowest BCUT2D eigenvalue weighted by Crippen LogP contribution is -2.41. The van der Waals surface area contributed by atoms with E-state index >= 15 is 0 Å². The standard InChI is InChI=1S/C16H25NO4/c1-12(14-8-6-10-19-14)20-11-13-7-5-9-17(13)15(18)21-16(2,3)4/h6,8,10,12-13H,5,7,9,11H2,1-4H3/t12-,13-/m0/s1. The summed E-state index contributed by atoms with van der Waals surface area (Å²) >= 11 is 0. The lowest BCUT2D eigenvalue weighted by Gasteiger charge is -2.29. The van der Waals surface area contributed by atoms with Gasteiger partial charge in [0.1, 0.15) is 17.5 Å².